The molecule has 4 aromatic rings. The van der Waals surface area contributed by atoms with Gasteiger partial charge in [0.1, 0.15) is 5.69 Å². The van der Waals surface area contributed by atoms with Gasteiger partial charge in [0.15, 0.2) is 17.1 Å². The van der Waals surface area contributed by atoms with E-state index < -0.39 is 12.2 Å². The van der Waals surface area contributed by atoms with E-state index in [9.17, 15) is 13.6 Å². The number of amides is 1. The molecule has 3 heterocycles. The fourth-order valence-corrected chi connectivity index (χ4v) is 3.17. The van der Waals surface area contributed by atoms with Crippen molar-refractivity contribution in [3.05, 3.63) is 83.3 Å². The first-order valence-corrected chi connectivity index (χ1v) is 9.51. The summed E-state index contributed by atoms with van der Waals surface area (Å²) in [4.78, 5) is 17.0. The highest BCUT2D eigenvalue weighted by Gasteiger charge is 2.43. The van der Waals surface area contributed by atoms with Crippen LogP contribution in [0, 0.1) is 18.8 Å². The third-order valence-corrected chi connectivity index (χ3v) is 4.76. The number of fused-ring (bicyclic) bond motifs is 2. The topological polar surface area (TPSA) is 77.8 Å². The highest BCUT2D eigenvalue weighted by Crippen LogP contribution is 2.42. The summed E-state index contributed by atoms with van der Waals surface area (Å²) in [5.74, 6) is 5.43. The van der Waals surface area contributed by atoms with E-state index in [2.05, 4.69) is 36.7 Å². The van der Waals surface area contributed by atoms with Gasteiger partial charge in [-0.3, -0.25) is 4.79 Å². The molecule has 0 spiro atoms. The maximum absolute atomic E-state index is 13.2. The number of nitrogens with one attached hydrogen (secondary N) is 1. The molecular formula is C23H14F2N4O3. The number of halogens is 2. The Morgan fingerprint density at radius 1 is 1.09 bits per heavy atom. The van der Waals surface area contributed by atoms with Crippen molar-refractivity contribution in [2.75, 3.05) is 5.32 Å². The summed E-state index contributed by atoms with van der Waals surface area (Å²) in [6, 6.07) is 12.8. The monoisotopic (exact) mass is 432 g/mol. The van der Waals surface area contributed by atoms with Gasteiger partial charge in [0, 0.05) is 29.1 Å². The Hall–Kier alpha value is -4.45. The molecule has 0 unspecified atom stereocenters. The average Bonchev–Trinajstić information content (AvgIpc) is 3.31. The number of carbonyl (C=O) groups is 1. The number of alkyl halides is 2. The fraction of sp³-hybridized carbons (Fsp3) is 0.0870. The molecule has 32 heavy (non-hydrogen) atoms. The van der Waals surface area contributed by atoms with Crippen LogP contribution >= 0.6 is 0 Å². The number of carbonyl (C=O) groups excluding carboxylic acids is 1. The summed E-state index contributed by atoms with van der Waals surface area (Å²) in [5.41, 5.74) is 3.50. The molecule has 0 fully saturated rings. The molecule has 0 aliphatic carbocycles. The van der Waals surface area contributed by atoms with Crippen molar-refractivity contribution in [1.29, 1.82) is 0 Å². The Morgan fingerprint density at radius 2 is 1.94 bits per heavy atom. The Kier molecular flexibility index (Phi) is 4.48. The zero-order valence-corrected chi connectivity index (χ0v) is 16.6. The smallest absolute Gasteiger partial charge is 0.395 e. The van der Waals surface area contributed by atoms with Crippen molar-refractivity contribution in [3.63, 3.8) is 0 Å². The van der Waals surface area contributed by atoms with E-state index in [0.29, 0.717) is 28.2 Å². The quantitative estimate of drug-likeness (QED) is 0.485. The predicted molar refractivity (Wildman–Crippen MR) is 111 cm³/mol. The van der Waals surface area contributed by atoms with Gasteiger partial charge >= 0.3 is 6.29 Å². The van der Waals surface area contributed by atoms with E-state index in [1.165, 1.54) is 18.2 Å². The SMILES string of the molecule is Cc1ccc(C(=O)Nc2ccc3c(c2)OC(F)(F)O3)cc1C#Cc1cnc2cccnn12. The zero-order chi connectivity index (χ0) is 22.3. The minimum absolute atomic E-state index is 0.0946. The van der Waals surface area contributed by atoms with Crippen LogP contribution in [0.4, 0.5) is 14.5 Å². The number of rotatable bonds is 2. The second-order valence-corrected chi connectivity index (χ2v) is 7.00. The summed E-state index contributed by atoms with van der Waals surface area (Å²) >= 11 is 0. The third-order valence-electron chi connectivity index (χ3n) is 4.76. The van der Waals surface area contributed by atoms with E-state index in [4.69, 9.17) is 0 Å². The van der Waals surface area contributed by atoms with Gasteiger partial charge in [-0.15, -0.1) is 8.78 Å². The first kappa shape index (κ1) is 19.5. The molecule has 2 aromatic heterocycles. The lowest BCUT2D eigenvalue weighted by molar-refractivity contribution is -0.286. The maximum atomic E-state index is 13.2. The van der Waals surface area contributed by atoms with Crippen LogP contribution in [0.15, 0.2) is 60.9 Å². The van der Waals surface area contributed by atoms with E-state index in [1.54, 1.807) is 41.2 Å². The molecule has 0 saturated heterocycles. The second-order valence-electron chi connectivity index (χ2n) is 7.00. The molecular weight excluding hydrogens is 418 g/mol. The first-order chi connectivity index (χ1) is 15.4. The number of aryl methyl sites for hydroxylation is 1. The van der Waals surface area contributed by atoms with Crippen molar-refractivity contribution in [1.82, 2.24) is 14.6 Å². The van der Waals surface area contributed by atoms with Gasteiger partial charge in [-0.1, -0.05) is 12.0 Å². The van der Waals surface area contributed by atoms with Crippen LogP contribution in [0.2, 0.25) is 0 Å². The number of ether oxygens (including phenoxy) is 2. The van der Waals surface area contributed by atoms with Crippen LogP contribution in [0.3, 0.4) is 0 Å². The molecule has 9 heteroatoms. The number of aromatic nitrogens is 3. The molecule has 0 bridgehead atoms. The molecule has 158 valence electrons. The van der Waals surface area contributed by atoms with Crippen LogP contribution in [-0.2, 0) is 0 Å². The standard InChI is InChI=1S/C23H14F2N4O3/c1-14-4-5-16(11-15(14)6-8-18-13-26-21-3-2-10-27-29(18)21)22(30)28-17-7-9-19-20(12-17)32-23(24,25)31-19/h2-5,7,9-13H,1H3,(H,28,30). The summed E-state index contributed by atoms with van der Waals surface area (Å²) in [7, 11) is 0. The van der Waals surface area contributed by atoms with Gasteiger partial charge in [-0.05, 0) is 54.8 Å². The van der Waals surface area contributed by atoms with Crippen molar-refractivity contribution < 1.29 is 23.0 Å². The average molecular weight is 432 g/mol. The van der Waals surface area contributed by atoms with Gasteiger partial charge in [0.2, 0.25) is 0 Å². The molecule has 1 amide bonds. The van der Waals surface area contributed by atoms with E-state index in [1.807, 2.05) is 13.0 Å². The molecule has 5 rings (SSSR count). The second kappa shape index (κ2) is 7.35. The van der Waals surface area contributed by atoms with E-state index in [0.717, 1.165) is 5.56 Å². The summed E-state index contributed by atoms with van der Waals surface area (Å²) in [6.45, 7) is 1.89. The molecule has 1 N–H and O–H groups in total. The van der Waals surface area contributed by atoms with Gasteiger partial charge < -0.3 is 14.8 Å². The highest BCUT2D eigenvalue weighted by atomic mass is 19.3. The Bertz CT molecular complexity index is 1440. The molecule has 1 aliphatic heterocycles. The number of anilines is 1. The molecule has 0 radical (unpaired) electrons. The third kappa shape index (κ3) is 3.70. The Labute approximate surface area is 180 Å². The van der Waals surface area contributed by atoms with Crippen LogP contribution in [0.1, 0.15) is 27.2 Å². The van der Waals surface area contributed by atoms with E-state index in [-0.39, 0.29) is 11.5 Å². The highest BCUT2D eigenvalue weighted by molar-refractivity contribution is 6.04. The first-order valence-electron chi connectivity index (χ1n) is 9.51. The van der Waals surface area contributed by atoms with Crippen molar-refractivity contribution in [3.8, 4) is 23.3 Å². The Morgan fingerprint density at radius 3 is 2.81 bits per heavy atom. The van der Waals surface area contributed by atoms with Gasteiger partial charge in [-0.2, -0.15) is 5.10 Å². The maximum Gasteiger partial charge on any atom is 0.586 e. The van der Waals surface area contributed by atoms with Crippen molar-refractivity contribution >= 4 is 17.2 Å². The molecule has 7 nitrogen and oxygen atoms in total. The molecule has 1 aliphatic rings. The van der Waals surface area contributed by atoms with Gasteiger partial charge in [-0.25, -0.2) is 9.50 Å². The lowest BCUT2D eigenvalue weighted by Crippen LogP contribution is -2.25. The molecule has 0 saturated carbocycles. The minimum atomic E-state index is -3.72. The minimum Gasteiger partial charge on any atom is -0.395 e. The number of benzene rings is 2. The van der Waals surface area contributed by atoms with Gasteiger partial charge in [0.25, 0.3) is 5.91 Å². The summed E-state index contributed by atoms with van der Waals surface area (Å²) in [6.07, 6.45) is -0.441. The van der Waals surface area contributed by atoms with Crippen LogP contribution in [0.25, 0.3) is 5.65 Å². The van der Waals surface area contributed by atoms with Crippen LogP contribution < -0.4 is 14.8 Å². The lowest BCUT2D eigenvalue weighted by Gasteiger charge is -2.07. The van der Waals surface area contributed by atoms with Crippen LogP contribution in [0.5, 0.6) is 11.5 Å². The fourth-order valence-electron chi connectivity index (χ4n) is 3.17. The Balaban J connectivity index is 1.38. The van der Waals surface area contributed by atoms with Gasteiger partial charge in [0.05, 0.1) is 6.20 Å². The molecule has 2 aromatic carbocycles. The summed E-state index contributed by atoms with van der Waals surface area (Å²) < 4.78 is 36.8. The number of hydrogen-bond donors (Lipinski definition) is 1. The number of nitrogens with zero attached hydrogens (tertiary/aromatic N) is 3. The predicted octanol–water partition coefficient (Wildman–Crippen LogP) is 4.01. The van der Waals surface area contributed by atoms with Crippen molar-refractivity contribution in [2.45, 2.75) is 13.2 Å². The normalized spacial score (nSPS) is 13.5. The lowest BCUT2D eigenvalue weighted by atomic mass is 10.0. The number of imidazole rings is 1. The largest absolute Gasteiger partial charge is 0.586 e. The number of hydrogen-bond acceptors (Lipinski definition) is 5. The van der Waals surface area contributed by atoms with E-state index >= 15 is 0 Å². The van der Waals surface area contributed by atoms with Crippen molar-refractivity contribution in [2.24, 2.45) is 0 Å². The van der Waals surface area contributed by atoms with Crippen LogP contribution in [-0.4, -0.2) is 26.8 Å². The zero-order valence-electron chi connectivity index (χ0n) is 16.6. The summed E-state index contributed by atoms with van der Waals surface area (Å²) in [5, 5.41) is 6.89. The molecule has 0 atom stereocenters.